The van der Waals surface area contributed by atoms with Crippen LogP contribution in [0.4, 0.5) is 14.5 Å². The van der Waals surface area contributed by atoms with Gasteiger partial charge in [-0.05, 0) is 18.2 Å². The zero-order valence-corrected chi connectivity index (χ0v) is 10.8. The Morgan fingerprint density at radius 3 is 2.53 bits per heavy atom. The van der Waals surface area contributed by atoms with Gasteiger partial charge in [0.15, 0.2) is 0 Å². The van der Waals surface area contributed by atoms with Crippen LogP contribution in [0.5, 0.6) is 5.75 Å². The van der Waals surface area contributed by atoms with Crippen LogP contribution in [0.1, 0.15) is 0 Å². The van der Waals surface area contributed by atoms with E-state index < -0.39 is 6.61 Å². The highest BCUT2D eigenvalue weighted by atomic mass is 35.5. The summed E-state index contributed by atoms with van der Waals surface area (Å²) in [6.45, 7) is -2.88. The Bertz CT molecular complexity index is 387. The van der Waals surface area contributed by atoms with E-state index >= 15 is 0 Å². The summed E-state index contributed by atoms with van der Waals surface area (Å²) in [5.74, 6) is -0.0551. The van der Waals surface area contributed by atoms with Crippen LogP contribution in [0.25, 0.3) is 0 Å². The lowest BCUT2D eigenvalue weighted by Crippen LogP contribution is -2.07. The maximum Gasteiger partial charge on any atom is 0.387 e. The van der Waals surface area contributed by atoms with Crippen LogP contribution in [0.15, 0.2) is 23.2 Å². The molecule has 0 heterocycles. The zero-order chi connectivity index (χ0) is 12.1. The molecule has 0 radical (unpaired) electrons. The van der Waals surface area contributed by atoms with E-state index in [0.29, 0.717) is 5.69 Å². The van der Waals surface area contributed by atoms with Gasteiger partial charge in [0.2, 0.25) is 0 Å². The Kier molecular flexibility index (Phi) is 6.83. The maximum absolute atomic E-state index is 11.9. The monoisotopic (exact) mass is 284 g/mol. The first-order valence-corrected chi connectivity index (χ1v) is 4.82. The quantitative estimate of drug-likeness (QED) is 0.624. The number of aliphatic imine (C=N–C) groups is 1. The molecule has 0 bridgehead atoms. The first kappa shape index (κ1) is 15.9. The highest BCUT2D eigenvalue weighted by molar-refractivity contribution is 6.32. The van der Waals surface area contributed by atoms with Crippen LogP contribution in [0.2, 0.25) is 5.02 Å². The van der Waals surface area contributed by atoms with Crippen molar-refractivity contribution in [2.75, 3.05) is 14.1 Å². The molecule has 0 aliphatic rings. The van der Waals surface area contributed by atoms with Gasteiger partial charge in [0, 0.05) is 14.1 Å². The molecule has 7 heteroatoms. The van der Waals surface area contributed by atoms with E-state index in [1.165, 1.54) is 12.1 Å². The minimum atomic E-state index is -2.88. The Labute approximate surface area is 109 Å². The van der Waals surface area contributed by atoms with Crippen molar-refractivity contribution in [3.8, 4) is 5.75 Å². The average molecular weight is 285 g/mol. The molecule has 0 atom stereocenters. The number of alkyl halides is 2. The van der Waals surface area contributed by atoms with Crippen molar-refractivity contribution in [3.05, 3.63) is 23.2 Å². The van der Waals surface area contributed by atoms with E-state index in [1.54, 1.807) is 17.3 Å². The van der Waals surface area contributed by atoms with Crippen LogP contribution in [-0.2, 0) is 0 Å². The van der Waals surface area contributed by atoms with E-state index in [-0.39, 0.29) is 23.2 Å². The molecule has 0 amide bonds. The van der Waals surface area contributed by atoms with Crippen molar-refractivity contribution in [3.63, 3.8) is 0 Å². The summed E-state index contributed by atoms with van der Waals surface area (Å²) in [6, 6.07) is 4.36. The van der Waals surface area contributed by atoms with Gasteiger partial charge < -0.3 is 9.64 Å². The van der Waals surface area contributed by atoms with Gasteiger partial charge in [-0.15, -0.1) is 12.4 Å². The second-order valence-corrected chi connectivity index (χ2v) is 3.61. The molecule has 1 aromatic carbocycles. The van der Waals surface area contributed by atoms with E-state index in [9.17, 15) is 8.78 Å². The standard InChI is InChI=1S/C10H11ClF2N2O.ClH/c1-15(2)6-14-7-3-4-9(8(11)5-7)16-10(12)13;/h3-6,10H,1-2H3;1H. The summed E-state index contributed by atoms with van der Waals surface area (Å²) in [5, 5.41) is 0.105. The number of halogens is 4. The highest BCUT2D eigenvalue weighted by Gasteiger charge is 2.08. The van der Waals surface area contributed by atoms with Crippen molar-refractivity contribution in [2.45, 2.75) is 6.61 Å². The second-order valence-electron chi connectivity index (χ2n) is 3.20. The third-order valence-corrected chi connectivity index (χ3v) is 1.86. The van der Waals surface area contributed by atoms with Gasteiger partial charge in [-0.1, -0.05) is 11.6 Å². The second kappa shape index (κ2) is 7.29. The summed E-state index contributed by atoms with van der Waals surface area (Å²) >= 11 is 5.74. The molecular weight excluding hydrogens is 273 g/mol. The molecule has 0 aliphatic carbocycles. The molecule has 0 aliphatic heterocycles. The number of nitrogens with zero attached hydrogens (tertiary/aromatic N) is 2. The van der Waals surface area contributed by atoms with Crippen LogP contribution in [0, 0.1) is 0 Å². The van der Waals surface area contributed by atoms with Gasteiger partial charge in [0.1, 0.15) is 5.75 Å². The van der Waals surface area contributed by atoms with Crippen LogP contribution >= 0.6 is 24.0 Å². The number of rotatable bonds is 4. The molecule has 96 valence electrons. The van der Waals surface area contributed by atoms with Crippen molar-refractivity contribution >= 4 is 36.0 Å². The van der Waals surface area contributed by atoms with Crippen molar-refractivity contribution < 1.29 is 13.5 Å². The van der Waals surface area contributed by atoms with Crippen molar-refractivity contribution in [1.29, 1.82) is 0 Å². The molecule has 0 aromatic heterocycles. The lowest BCUT2D eigenvalue weighted by atomic mass is 10.3. The Balaban J connectivity index is 0.00000256. The predicted octanol–water partition coefficient (Wildman–Crippen LogP) is 3.58. The molecule has 0 spiro atoms. The minimum Gasteiger partial charge on any atom is -0.433 e. The van der Waals surface area contributed by atoms with Gasteiger partial charge in [0.05, 0.1) is 17.0 Å². The first-order chi connectivity index (χ1) is 7.49. The van der Waals surface area contributed by atoms with Gasteiger partial charge in [-0.3, -0.25) is 0 Å². The molecule has 0 saturated carbocycles. The lowest BCUT2D eigenvalue weighted by molar-refractivity contribution is -0.0497. The fraction of sp³-hybridized carbons (Fsp3) is 0.300. The number of ether oxygens (including phenoxy) is 1. The van der Waals surface area contributed by atoms with Crippen LogP contribution in [0.3, 0.4) is 0 Å². The van der Waals surface area contributed by atoms with E-state index in [2.05, 4.69) is 9.73 Å². The zero-order valence-electron chi connectivity index (χ0n) is 9.23. The summed E-state index contributed by atoms with van der Waals surface area (Å²) in [5.41, 5.74) is 0.570. The number of hydrogen-bond donors (Lipinski definition) is 0. The van der Waals surface area contributed by atoms with Gasteiger partial charge >= 0.3 is 6.61 Å². The third-order valence-electron chi connectivity index (χ3n) is 1.57. The van der Waals surface area contributed by atoms with Gasteiger partial charge in [0.25, 0.3) is 0 Å². The maximum atomic E-state index is 11.9. The first-order valence-electron chi connectivity index (χ1n) is 4.44. The van der Waals surface area contributed by atoms with Crippen LogP contribution < -0.4 is 4.74 Å². The Hall–Kier alpha value is -1.07. The predicted molar refractivity (Wildman–Crippen MR) is 67.2 cm³/mol. The normalized spacial score (nSPS) is 10.5. The smallest absolute Gasteiger partial charge is 0.387 e. The molecule has 17 heavy (non-hydrogen) atoms. The summed E-state index contributed by atoms with van der Waals surface area (Å²) in [4.78, 5) is 5.81. The van der Waals surface area contributed by atoms with E-state index in [1.807, 2.05) is 14.1 Å². The molecule has 0 fully saturated rings. The van der Waals surface area contributed by atoms with E-state index in [0.717, 1.165) is 0 Å². The molecule has 3 nitrogen and oxygen atoms in total. The number of benzene rings is 1. The molecule has 1 aromatic rings. The third kappa shape index (κ3) is 5.70. The molecule has 0 saturated heterocycles. The lowest BCUT2D eigenvalue weighted by Gasteiger charge is -2.07. The van der Waals surface area contributed by atoms with Gasteiger partial charge in [-0.25, -0.2) is 4.99 Å². The minimum absolute atomic E-state index is 0. The Morgan fingerprint density at radius 2 is 2.06 bits per heavy atom. The summed E-state index contributed by atoms with van der Waals surface area (Å²) < 4.78 is 28.1. The van der Waals surface area contributed by atoms with Gasteiger partial charge in [-0.2, -0.15) is 8.78 Å². The fourth-order valence-electron chi connectivity index (χ4n) is 0.944. The number of hydrogen-bond acceptors (Lipinski definition) is 2. The molecule has 0 N–H and O–H groups in total. The molecule has 1 rings (SSSR count). The van der Waals surface area contributed by atoms with Crippen molar-refractivity contribution in [2.24, 2.45) is 4.99 Å². The summed E-state index contributed by atoms with van der Waals surface area (Å²) in [7, 11) is 3.64. The Morgan fingerprint density at radius 1 is 1.41 bits per heavy atom. The highest BCUT2D eigenvalue weighted by Crippen LogP contribution is 2.29. The topological polar surface area (TPSA) is 24.8 Å². The SMILES string of the molecule is CN(C)C=Nc1ccc(OC(F)F)c(Cl)c1.Cl. The molecule has 0 unspecified atom stereocenters. The van der Waals surface area contributed by atoms with Crippen LogP contribution in [-0.4, -0.2) is 31.9 Å². The molecular formula is C10H12Cl2F2N2O. The average Bonchev–Trinajstić information content (AvgIpc) is 2.18. The summed E-state index contributed by atoms with van der Waals surface area (Å²) in [6.07, 6.45) is 1.58. The largest absolute Gasteiger partial charge is 0.433 e. The fourth-order valence-corrected chi connectivity index (χ4v) is 1.16. The van der Waals surface area contributed by atoms with Crippen molar-refractivity contribution in [1.82, 2.24) is 4.90 Å². The van der Waals surface area contributed by atoms with E-state index in [4.69, 9.17) is 11.6 Å².